The molecule has 1 atom stereocenters. The van der Waals surface area contributed by atoms with E-state index in [1.165, 1.54) is 45.3 Å². The Hall–Kier alpha value is -1.90. The minimum Gasteiger partial charge on any atom is -0.325 e. The van der Waals surface area contributed by atoms with Crippen molar-refractivity contribution in [1.29, 1.82) is 5.26 Å². The Labute approximate surface area is 163 Å². The van der Waals surface area contributed by atoms with Gasteiger partial charge in [-0.15, -0.1) is 0 Å². The topological polar surface area (TPSA) is 59.4 Å². The molecule has 1 amide bonds. The van der Waals surface area contributed by atoms with E-state index in [0.29, 0.717) is 17.7 Å². The van der Waals surface area contributed by atoms with Crippen molar-refractivity contribution < 1.29 is 4.79 Å². The summed E-state index contributed by atoms with van der Waals surface area (Å²) in [6.07, 6.45) is 5.69. The summed E-state index contributed by atoms with van der Waals surface area (Å²) in [6, 6.07) is 9.29. The van der Waals surface area contributed by atoms with Crippen LogP contribution in [-0.2, 0) is 4.79 Å². The summed E-state index contributed by atoms with van der Waals surface area (Å²) >= 11 is 0. The summed E-state index contributed by atoms with van der Waals surface area (Å²) in [5.41, 5.74) is 1.13. The van der Waals surface area contributed by atoms with Gasteiger partial charge in [0.15, 0.2) is 0 Å². The number of nitrogens with one attached hydrogen (secondary N) is 1. The molecule has 2 aliphatic rings. The lowest BCUT2D eigenvalue weighted by atomic mass is 9.94. The standard InChI is InChI=1S/C22H32N4O/c1-18-8-12-26(13-9-18)17-19-5-4-11-25(16-19)14-10-22(27)24-21-7-3-2-6-20(21)15-23/h2-3,6-7,18-19H,4-5,8-14,16-17H2,1H3,(H,24,27). The number of para-hydroxylation sites is 1. The molecule has 5 heteroatoms. The molecule has 1 aromatic rings. The molecule has 2 fully saturated rings. The van der Waals surface area contributed by atoms with Crippen LogP contribution in [-0.4, -0.2) is 55.0 Å². The van der Waals surface area contributed by atoms with E-state index in [1.54, 1.807) is 12.1 Å². The number of carbonyl (C=O) groups is 1. The molecular weight excluding hydrogens is 336 g/mol. The predicted octanol–water partition coefficient (Wildman–Crippen LogP) is 3.33. The first kappa shape index (κ1) is 19.9. The Kier molecular flexibility index (Phi) is 7.25. The zero-order valence-electron chi connectivity index (χ0n) is 16.5. The maximum atomic E-state index is 12.3. The van der Waals surface area contributed by atoms with E-state index >= 15 is 0 Å². The normalized spacial score (nSPS) is 22.3. The molecule has 0 aliphatic carbocycles. The summed E-state index contributed by atoms with van der Waals surface area (Å²) in [7, 11) is 0. The third-order valence-corrected chi connectivity index (χ3v) is 5.97. The smallest absolute Gasteiger partial charge is 0.225 e. The summed E-state index contributed by atoms with van der Waals surface area (Å²) in [4.78, 5) is 17.4. The molecule has 3 rings (SSSR count). The van der Waals surface area contributed by atoms with Crippen LogP contribution in [0, 0.1) is 23.2 Å². The molecule has 1 aromatic carbocycles. The van der Waals surface area contributed by atoms with Gasteiger partial charge in [0.1, 0.15) is 6.07 Å². The zero-order chi connectivity index (χ0) is 19.1. The average molecular weight is 369 g/mol. The first-order valence-electron chi connectivity index (χ1n) is 10.4. The predicted molar refractivity (Wildman–Crippen MR) is 108 cm³/mol. The number of nitrogens with zero attached hydrogens (tertiary/aromatic N) is 3. The van der Waals surface area contributed by atoms with E-state index in [1.807, 2.05) is 12.1 Å². The summed E-state index contributed by atoms with van der Waals surface area (Å²) in [5, 5.41) is 12.0. The van der Waals surface area contributed by atoms with E-state index in [4.69, 9.17) is 5.26 Å². The number of piperidine rings is 2. The molecule has 2 heterocycles. The van der Waals surface area contributed by atoms with E-state index < -0.39 is 0 Å². The number of hydrogen-bond donors (Lipinski definition) is 1. The summed E-state index contributed by atoms with van der Waals surface area (Å²) < 4.78 is 0. The van der Waals surface area contributed by atoms with Crippen molar-refractivity contribution in [3.05, 3.63) is 29.8 Å². The van der Waals surface area contributed by atoms with Gasteiger partial charge in [-0.2, -0.15) is 5.26 Å². The van der Waals surface area contributed by atoms with Crippen LogP contribution in [0.15, 0.2) is 24.3 Å². The second kappa shape index (κ2) is 9.87. The van der Waals surface area contributed by atoms with Crippen LogP contribution in [0.5, 0.6) is 0 Å². The largest absolute Gasteiger partial charge is 0.325 e. The highest BCUT2D eigenvalue weighted by Gasteiger charge is 2.24. The van der Waals surface area contributed by atoms with Crippen molar-refractivity contribution in [3.63, 3.8) is 0 Å². The lowest BCUT2D eigenvalue weighted by Crippen LogP contribution is -2.43. The Bertz CT molecular complexity index is 661. The maximum Gasteiger partial charge on any atom is 0.225 e. The van der Waals surface area contributed by atoms with Crippen molar-refractivity contribution >= 4 is 11.6 Å². The number of nitriles is 1. The van der Waals surface area contributed by atoms with Crippen molar-refractivity contribution in [2.75, 3.05) is 44.6 Å². The molecule has 0 spiro atoms. The molecular formula is C22H32N4O. The number of hydrogen-bond acceptors (Lipinski definition) is 4. The minimum absolute atomic E-state index is 0.00941. The molecule has 0 bridgehead atoms. The Morgan fingerprint density at radius 3 is 2.74 bits per heavy atom. The van der Waals surface area contributed by atoms with E-state index in [2.05, 4.69) is 28.1 Å². The molecule has 5 nitrogen and oxygen atoms in total. The summed E-state index contributed by atoms with van der Waals surface area (Å²) in [5.74, 6) is 1.60. The van der Waals surface area contributed by atoms with Gasteiger partial charge in [0.25, 0.3) is 0 Å². The number of amides is 1. The lowest BCUT2D eigenvalue weighted by molar-refractivity contribution is -0.116. The molecule has 2 aliphatic heterocycles. The third kappa shape index (κ3) is 6.05. The first-order chi connectivity index (χ1) is 13.1. The van der Waals surface area contributed by atoms with Crippen molar-refractivity contribution in [1.82, 2.24) is 9.80 Å². The van der Waals surface area contributed by atoms with Crippen LogP contribution in [0.4, 0.5) is 5.69 Å². The van der Waals surface area contributed by atoms with Gasteiger partial charge in [0.05, 0.1) is 11.3 Å². The number of rotatable bonds is 6. The Morgan fingerprint density at radius 2 is 1.96 bits per heavy atom. The van der Waals surface area contributed by atoms with Gasteiger partial charge in [-0.25, -0.2) is 0 Å². The lowest BCUT2D eigenvalue weighted by Gasteiger charge is -2.37. The first-order valence-corrected chi connectivity index (χ1v) is 10.4. The molecule has 0 saturated carbocycles. The SMILES string of the molecule is CC1CCN(CC2CCCN(CCC(=O)Nc3ccccc3C#N)C2)CC1. The maximum absolute atomic E-state index is 12.3. The number of likely N-dealkylation sites (tertiary alicyclic amines) is 2. The quantitative estimate of drug-likeness (QED) is 0.837. The fourth-order valence-electron chi connectivity index (χ4n) is 4.28. The van der Waals surface area contributed by atoms with Crippen LogP contribution in [0.25, 0.3) is 0 Å². The number of carbonyl (C=O) groups excluding carboxylic acids is 1. The van der Waals surface area contributed by atoms with Gasteiger partial charge in [0.2, 0.25) is 5.91 Å². The van der Waals surface area contributed by atoms with Gasteiger partial charge in [-0.3, -0.25) is 4.79 Å². The highest BCUT2D eigenvalue weighted by Crippen LogP contribution is 2.22. The van der Waals surface area contributed by atoms with Crippen LogP contribution in [0.1, 0.15) is 44.6 Å². The van der Waals surface area contributed by atoms with Crippen LogP contribution < -0.4 is 5.32 Å². The van der Waals surface area contributed by atoms with E-state index in [0.717, 1.165) is 31.5 Å². The van der Waals surface area contributed by atoms with Crippen molar-refractivity contribution in [3.8, 4) is 6.07 Å². The van der Waals surface area contributed by atoms with Gasteiger partial charge >= 0.3 is 0 Å². The fraction of sp³-hybridized carbons (Fsp3) is 0.636. The zero-order valence-corrected chi connectivity index (χ0v) is 16.5. The molecule has 1 N–H and O–H groups in total. The number of anilines is 1. The Balaban J connectivity index is 1.41. The minimum atomic E-state index is -0.00941. The van der Waals surface area contributed by atoms with Crippen LogP contribution in [0.2, 0.25) is 0 Å². The van der Waals surface area contributed by atoms with Gasteiger partial charge < -0.3 is 15.1 Å². The molecule has 0 aromatic heterocycles. The van der Waals surface area contributed by atoms with Gasteiger partial charge in [-0.1, -0.05) is 19.1 Å². The highest BCUT2D eigenvalue weighted by molar-refractivity contribution is 5.92. The summed E-state index contributed by atoms with van der Waals surface area (Å²) in [6.45, 7) is 9.07. The second-order valence-electron chi connectivity index (χ2n) is 8.25. The van der Waals surface area contributed by atoms with Gasteiger partial charge in [-0.05, 0) is 69.3 Å². The van der Waals surface area contributed by atoms with Crippen LogP contribution >= 0.6 is 0 Å². The van der Waals surface area contributed by atoms with Crippen molar-refractivity contribution in [2.24, 2.45) is 11.8 Å². The van der Waals surface area contributed by atoms with E-state index in [9.17, 15) is 4.79 Å². The molecule has 0 radical (unpaired) electrons. The second-order valence-corrected chi connectivity index (χ2v) is 8.25. The molecule has 27 heavy (non-hydrogen) atoms. The molecule has 1 unspecified atom stereocenters. The third-order valence-electron chi connectivity index (χ3n) is 5.97. The van der Waals surface area contributed by atoms with Crippen LogP contribution in [0.3, 0.4) is 0 Å². The monoisotopic (exact) mass is 368 g/mol. The average Bonchev–Trinajstić information content (AvgIpc) is 2.69. The fourth-order valence-corrected chi connectivity index (χ4v) is 4.28. The van der Waals surface area contributed by atoms with E-state index in [-0.39, 0.29) is 5.91 Å². The molecule has 2 saturated heterocycles. The molecule has 146 valence electrons. The highest BCUT2D eigenvalue weighted by atomic mass is 16.1. The number of benzene rings is 1. The van der Waals surface area contributed by atoms with Gasteiger partial charge in [0, 0.05) is 26.1 Å². The van der Waals surface area contributed by atoms with Crippen molar-refractivity contribution in [2.45, 2.75) is 39.0 Å². The Morgan fingerprint density at radius 1 is 1.19 bits per heavy atom.